The van der Waals surface area contributed by atoms with Crippen LogP contribution in [0.2, 0.25) is 0 Å². The minimum atomic E-state index is -0.587. The number of amides is 1. The van der Waals surface area contributed by atoms with Crippen LogP contribution in [0, 0.1) is 18.2 Å². The van der Waals surface area contributed by atoms with Gasteiger partial charge < -0.3 is 11.1 Å². The van der Waals surface area contributed by atoms with Crippen molar-refractivity contribution in [2.45, 2.75) is 33.6 Å². The monoisotopic (exact) mass is 330 g/mol. The van der Waals surface area contributed by atoms with Gasteiger partial charge in [-0.3, -0.25) is 4.79 Å². The molecule has 0 aliphatic rings. The van der Waals surface area contributed by atoms with Crippen molar-refractivity contribution in [3.63, 3.8) is 0 Å². The van der Waals surface area contributed by atoms with Gasteiger partial charge in [-0.2, -0.15) is 0 Å². The van der Waals surface area contributed by atoms with Crippen LogP contribution in [0.15, 0.2) is 16.6 Å². The van der Waals surface area contributed by atoms with Crippen LogP contribution in [0.3, 0.4) is 0 Å². The first kappa shape index (κ1) is 16.1. The minimum Gasteiger partial charge on any atom is -0.329 e. The summed E-state index contributed by atoms with van der Waals surface area (Å²) in [6.45, 7) is 5.97. The molecule has 3 N–H and O–H groups in total. The number of carbonyl (C=O) groups is 1. The predicted molar refractivity (Wildman–Crippen MR) is 79.5 cm³/mol. The molecule has 0 heterocycles. The molecule has 0 aromatic heterocycles. The highest BCUT2D eigenvalue weighted by Crippen LogP contribution is 2.29. The molecule has 0 fully saturated rings. The van der Waals surface area contributed by atoms with E-state index in [0.29, 0.717) is 23.0 Å². The van der Waals surface area contributed by atoms with Gasteiger partial charge in [0.2, 0.25) is 5.91 Å². The third-order valence-corrected chi connectivity index (χ3v) is 4.35. The van der Waals surface area contributed by atoms with Crippen LogP contribution < -0.4 is 11.1 Å². The Bertz CT molecular complexity index is 464. The SMILES string of the molecule is CCC(CC)(CN)C(=O)Nc1cc(F)c(Br)cc1C. The van der Waals surface area contributed by atoms with Gasteiger partial charge in [-0.15, -0.1) is 0 Å². The number of nitrogens with one attached hydrogen (secondary N) is 1. The molecule has 106 valence electrons. The number of carbonyl (C=O) groups excluding carboxylic acids is 1. The zero-order chi connectivity index (χ0) is 14.6. The van der Waals surface area contributed by atoms with Crippen molar-refractivity contribution >= 4 is 27.5 Å². The number of halogens is 2. The first-order chi connectivity index (χ1) is 8.90. The Morgan fingerprint density at radius 3 is 2.47 bits per heavy atom. The molecule has 0 aliphatic heterocycles. The lowest BCUT2D eigenvalue weighted by Crippen LogP contribution is -2.41. The summed E-state index contributed by atoms with van der Waals surface area (Å²) in [5, 5.41) is 2.79. The molecule has 1 rings (SSSR count). The highest BCUT2D eigenvalue weighted by molar-refractivity contribution is 9.10. The largest absolute Gasteiger partial charge is 0.329 e. The fourth-order valence-corrected chi connectivity index (χ4v) is 2.45. The fraction of sp³-hybridized carbons (Fsp3) is 0.500. The van der Waals surface area contributed by atoms with Crippen molar-refractivity contribution in [3.05, 3.63) is 28.0 Å². The second kappa shape index (κ2) is 6.48. The van der Waals surface area contributed by atoms with Gasteiger partial charge in [-0.1, -0.05) is 13.8 Å². The third-order valence-electron chi connectivity index (χ3n) is 3.74. The first-order valence-electron chi connectivity index (χ1n) is 6.37. The number of benzene rings is 1. The van der Waals surface area contributed by atoms with Crippen molar-refractivity contribution in [3.8, 4) is 0 Å². The van der Waals surface area contributed by atoms with Crippen LogP contribution in [-0.4, -0.2) is 12.5 Å². The van der Waals surface area contributed by atoms with Gasteiger partial charge >= 0.3 is 0 Å². The Labute approximate surface area is 121 Å². The number of rotatable bonds is 5. The number of aryl methyl sites for hydroxylation is 1. The first-order valence-corrected chi connectivity index (χ1v) is 7.16. The van der Waals surface area contributed by atoms with Gasteiger partial charge in [0.15, 0.2) is 0 Å². The van der Waals surface area contributed by atoms with Crippen molar-refractivity contribution in [2.24, 2.45) is 11.1 Å². The molecular weight excluding hydrogens is 311 g/mol. The molecule has 0 saturated heterocycles. The molecule has 0 atom stereocenters. The zero-order valence-corrected chi connectivity index (χ0v) is 13.1. The lowest BCUT2D eigenvalue weighted by molar-refractivity contribution is -0.125. The van der Waals surface area contributed by atoms with Gasteiger partial charge in [0, 0.05) is 12.2 Å². The standard InChI is InChI=1S/C14H20BrFN2O/c1-4-14(5-2,8-17)13(19)18-12-7-11(16)10(15)6-9(12)3/h6-7H,4-5,8,17H2,1-3H3,(H,18,19). The molecule has 0 saturated carbocycles. The van der Waals surface area contributed by atoms with Gasteiger partial charge in [0.05, 0.1) is 9.89 Å². The molecule has 19 heavy (non-hydrogen) atoms. The molecule has 1 aromatic carbocycles. The van der Waals surface area contributed by atoms with E-state index in [-0.39, 0.29) is 12.5 Å². The summed E-state index contributed by atoms with van der Waals surface area (Å²) in [5.41, 5.74) is 6.44. The molecular formula is C14H20BrFN2O. The Hall–Kier alpha value is -0.940. The Kier molecular flexibility index (Phi) is 5.50. The second-order valence-corrected chi connectivity index (χ2v) is 5.58. The maximum absolute atomic E-state index is 13.5. The van der Waals surface area contributed by atoms with E-state index in [0.717, 1.165) is 5.56 Å². The quantitative estimate of drug-likeness (QED) is 0.866. The molecule has 0 bridgehead atoms. The topological polar surface area (TPSA) is 55.1 Å². The smallest absolute Gasteiger partial charge is 0.231 e. The van der Waals surface area contributed by atoms with Gasteiger partial charge in [-0.25, -0.2) is 4.39 Å². The van der Waals surface area contributed by atoms with Crippen LogP contribution >= 0.6 is 15.9 Å². The zero-order valence-electron chi connectivity index (χ0n) is 11.5. The summed E-state index contributed by atoms with van der Waals surface area (Å²) in [5.74, 6) is -0.544. The van der Waals surface area contributed by atoms with Crippen molar-refractivity contribution in [1.29, 1.82) is 0 Å². The van der Waals surface area contributed by atoms with E-state index >= 15 is 0 Å². The number of hydrogen-bond donors (Lipinski definition) is 2. The normalized spacial score (nSPS) is 11.5. The maximum Gasteiger partial charge on any atom is 0.231 e. The number of hydrogen-bond acceptors (Lipinski definition) is 2. The lowest BCUT2D eigenvalue weighted by atomic mass is 9.81. The summed E-state index contributed by atoms with van der Waals surface area (Å²) in [4.78, 5) is 12.4. The molecule has 0 radical (unpaired) electrons. The van der Waals surface area contributed by atoms with Crippen LogP contribution in [0.1, 0.15) is 32.3 Å². The minimum absolute atomic E-state index is 0.148. The number of nitrogens with two attached hydrogens (primary N) is 1. The van der Waals surface area contributed by atoms with E-state index in [1.165, 1.54) is 6.07 Å². The van der Waals surface area contributed by atoms with Crippen LogP contribution in [-0.2, 0) is 4.79 Å². The predicted octanol–water partition coefficient (Wildman–Crippen LogP) is 3.60. The maximum atomic E-state index is 13.5. The molecule has 0 spiro atoms. The van der Waals surface area contributed by atoms with Crippen LogP contribution in [0.4, 0.5) is 10.1 Å². The molecule has 0 unspecified atom stereocenters. The Morgan fingerprint density at radius 2 is 2.00 bits per heavy atom. The summed E-state index contributed by atoms with van der Waals surface area (Å²) in [6, 6.07) is 2.97. The number of anilines is 1. The van der Waals surface area contributed by atoms with Crippen molar-refractivity contribution in [2.75, 3.05) is 11.9 Å². The van der Waals surface area contributed by atoms with Crippen molar-refractivity contribution < 1.29 is 9.18 Å². The highest BCUT2D eigenvalue weighted by atomic mass is 79.9. The molecule has 0 aliphatic carbocycles. The van der Waals surface area contributed by atoms with E-state index < -0.39 is 11.2 Å². The molecule has 5 heteroatoms. The fourth-order valence-electron chi connectivity index (χ4n) is 1.99. The summed E-state index contributed by atoms with van der Waals surface area (Å²) in [7, 11) is 0. The molecule has 3 nitrogen and oxygen atoms in total. The van der Waals surface area contributed by atoms with Gasteiger partial charge in [0.1, 0.15) is 5.82 Å². The average molecular weight is 331 g/mol. The molecule has 1 amide bonds. The van der Waals surface area contributed by atoms with Gasteiger partial charge in [-0.05, 0) is 53.4 Å². The van der Waals surface area contributed by atoms with Crippen LogP contribution in [0.25, 0.3) is 0 Å². The second-order valence-electron chi connectivity index (χ2n) is 4.73. The van der Waals surface area contributed by atoms with E-state index in [9.17, 15) is 9.18 Å². The van der Waals surface area contributed by atoms with E-state index in [1.54, 1.807) is 6.07 Å². The highest BCUT2D eigenvalue weighted by Gasteiger charge is 2.33. The summed E-state index contributed by atoms with van der Waals surface area (Å²) >= 11 is 3.12. The summed E-state index contributed by atoms with van der Waals surface area (Å²) < 4.78 is 13.9. The van der Waals surface area contributed by atoms with E-state index in [2.05, 4.69) is 21.2 Å². The van der Waals surface area contributed by atoms with Crippen LogP contribution in [0.5, 0.6) is 0 Å². The molecule has 1 aromatic rings. The Balaban J connectivity index is 3.02. The van der Waals surface area contributed by atoms with E-state index in [4.69, 9.17) is 5.73 Å². The summed E-state index contributed by atoms with van der Waals surface area (Å²) in [6.07, 6.45) is 1.31. The van der Waals surface area contributed by atoms with Gasteiger partial charge in [0.25, 0.3) is 0 Å². The van der Waals surface area contributed by atoms with Crippen molar-refractivity contribution in [1.82, 2.24) is 0 Å². The third kappa shape index (κ3) is 3.34. The average Bonchev–Trinajstić information content (AvgIpc) is 2.38. The lowest BCUT2D eigenvalue weighted by Gasteiger charge is -2.28. The Morgan fingerprint density at radius 1 is 1.42 bits per heavy atom. The van der Waals surface area contributed by atoms with E-state index in [1.807, 2.05) is 20.8 Å².